The number of aryl methyl sites for hydroxylation is 1. The van der Waals surface area contributed by atoms with E-state index in [-0.39, 0.29) is 17.5 Å². The van der Waals surface area contributed by atoms with Crippen LogP contribution in [0, 0.1) is 13.8 Å². The van der Waals surface area contributed by atoms with Crippen molar-refractivity contribution in [3.05, 3.63) is 47.3 Å². The van der Waals surface area contributed by atoms with Crippen LogP contribution in [0.15, 0.2) is 30.3 Å². The fourth-order valence-electron chi connectivity index (χ4n) is 3.88. The van der Waals surface area contributed by atoms with Gasteiger partial charge in [-0.25, -0.2) is 17.9 Å². The molecule has 1 fully saturated rings. The minimum atomic E-state index is -3.12. The van der Waals surface area contributed by atoms with Crippen molar-refractivity contribution < 1.29 is 22.7 Å². The highest BCUT2D eigenvalue weighted by atomic mass is 32.2. The molecule has 1 saturated heterocycles. The van der Waals surface area contributed by atoms with E-state index < -0.39 is 27.8 Å². The Morgan fingerprint density at radius 1 is 1.27 bits per heavy atom. The van der Waals surface area contributed by atoms with Crippen molar-refractivity contribution in [1.29, 1.82) is 0 Å². The number of benzene rings is 1. The zero-order valence-corrected chi connectivity index (χ0v) is 18.5. The van der Waals surface area contributed by atoms with Gasteiger partial charge >= 0.3 is 5.97 Å². The van der Waals surface area contributed by atoms with Crippen LogP contribution in [0.3, 0.4) is 0 Å². The largest absolute Gasteiger partial charge is 0.449 e. The van der Waals surface area contributed by atoms with E-state index in [0.29, 0.717) is 29.9 Å². The lowest BCUT2D eigenvalue weighted by molar-refractivity contribution is -0.141. The van der Waals surface area contributed by atoms with E-state index in [1.165, 1.54) is 11.8 Å². The summed E-state index contributed by atoms with van der Waals surface area (Å²) in [6.45, 7) is 7.15. The van der Waals surface area contributed by atoms with Crippen LogP contribution in [0.5, 0.6) is 0 Å². The first-order chi connectivity index (χ1) is 14.1. The van der Waals surface area contributed by atoms with Crippen molar-refractivity contribution in [2.75, 3.05) is 18.1 Å². The summed E-state index contributed by atoms with van der Waals surface area (Å²) in [4.78, 5) is 27.2. The van der Waals surface area contributed by atoms with Gasteiger partial charge in [-0.2, -0.15) is 5.10 Å². The Balaban J connectivity index is 1.75. The summed E-state index contributed by atoms with van der Waals surface area (Å²) in [6.07, 6.45) is -0.621. The number of amides is 1. The number of rotatable bonds is 6. The predicted octanol–water partition coefficient (Wildman–Crippen LogP) is 2.07. The number of likely N-dealkylation sites (N-methyl/N-ethyl adjacent to an activating group) is 1. The smallest absolute Gasteiger partial charge is 0.342 e. The maximum absolute atomic E-state index is 12.9. The van der Waals surface area contributed by atoms with Crippen molar-refractivity contribution in [2.45, 2.75) is 46.3 Å². The van der Waals surface area contributed by atoms with Crippen molar-refractivity contribution in [2.24, 2.45) is 0 Å². The molecule has 0 saturated carbocycles. The first-order valence-corrected chi connectivity index (χ1v) is 11.8. The number of ether oxygens (including phenoxy) is 1. The molecule has 0 aliphatic carbocycles. The molecule has 0 radical (unpaired) electrons. The summed E-state index contributed by atoms with van der Waals surface area (Å²) in [6, 6.07) is 9.05. The Hall–Kier alpha value is -2.68. The number of aromatic nitrogens is 2. The van der Waals surface area contributed by atoms with Crippen molar-refractivity contribution in [3.63, 3.8) is 0 Å². The Morgan fingerprint density at radius 2 is 1.93 bits per heavy atom. The fourth-order valence-corrected chi connectivity index (χ4v) is 5.61. The van der Waals surface area contributed by atoms with Gasteiger partial charge in [0.1, 0.15) is 5.56 Å². The van der Waals surface area contributed by atoms with Crippen LogP contribution in [0.25, 0.3) is 5.69 Å². The van der Waals surface area contributed by atoms with Crippen LogP contribution in [0.1, 0.15) is 42.0 Å². The lowest BCUT2D eigenvalue weighted by atomic mass is 10.2. The third kappa shape index (κ3) is 4.40. The highest BCUT2D eigenvalue weighted by molar-refractivity contribution is 7.91. The van der Waals surface area contributed by atoms with E-state index >= 15 is 0 Å². The first kappa shape index (κ1) is 22.0. The van der Waals surface area contributed by atoms with E-state index in [4.69, 9.17) is 4.74 Å². The predicted molar refractivity (Wildman–Crippen MR) is 112 cm³/mol. The highest BCUT2D eigenvalue weighted by Crippen LogP contribution is 2.21. The maximum Gasteiger partial charge on any atom is 0.342 e. The minimum Gasteiger partial charge on any atom is -0.449 e. The summed E-state index contributed by atoms with van der Waals surface area (Å²) >= 11 is 0. The normalized spacial score (nSPS) is 18.7. The second kappa shape index (κ2) is 8.59. The first-order valence-electron chi connectivity index (χ1n) is 9.98. The third-order valence-electron chi connectivity index (χ3n) is 5.40. The molecule has 30 heavy (non-hydrogen) atoms. The Kier molecular flexibility index (Phi) is 6.30. The number of sulfone groups is 1. The number of hydrogen-bond acceptors (Lipinski definition) is 6. The second-order valence-corrected chi connectivity index (χ2v) is 9.75. The van der Waals surface area contributed by atoms with Gasteiger partial charge in [-0.15, -0.1) is 0 Å². The molecule has 2 aromatic rings. The Morgan fingerprint density at radius 3 is 2.50 bits per heavy atom. The zero-order chi connectivity index (χ0) is 22.1. The average Bonchev–Trinajstić information content (AvgIpc) is 3.21. The highest BCUT2D eigenvalue weighted by Gasteiger charge is 2.36. The molecule has 0 spiro atoms. The molecule has 0 unspecified atom stereocenters. The Bertz CT molecular complexity index is 1050. The summed E-state index contributed by atoms with van der Waals surface area (Å²) in [5.41, 5.74) is 2.28. The fraction of sp³-hybridized carbons (Fsp3) is 0.476. The van der Waals surface area contributed by atoms with Crippen LogP contribution < -0.4 is 0 Å². The molecule has 1 aliphatic heterocycles. The number of nitrogens with zero attached hydrogens (tertiary/aromatic N) is 3. The SMILES string of the molecule is CCN(C(=O)[C@H](C)OC(=O)c1c(C)nn(-c2ccccc2)c1C)[C@H]1CCS(=O)(=O)C1. The number of esters is 1. The molecule has 2 heterocycles. The van der Waals surface area contributed by atoms with Gasteiger partial charge in [-0.3, -0.25) is 4.79 Å². The molecule has 8 nitrogen and oxygen atoms in total. The molecular formula is C21H27N3O5S. The van der Waals surface area contributed by atoms with E-state index in [9.17, 15) is 18.0 Å². The minimum absolute atomic E-state index is 0.0463. The van der Waals surface area contributed by atoms with E-state index in [2.05, 4.69) is 5.10 Å². The van der Waals surface area contributed by atoms with Gasteiger partial charge in [0.15, 0.2) is 15.9 Å². The molecule has 2 atom stereocenters. The zero-order valence-electron chi connectivity index (χ0n) is 17.7. The molecule has 3 rings (SSSR count). The van der Waals surface area contributed by atoms with Crippen LogP contribution in [0.2, 0.25) is 0 Å². The number of hydrogen-bond donors (Lipinski definition) is 0. The van der Waals surface area contributed by atoms with Gasteiger partial charge < -0.3 is 9.64 Å². The maximum atomic E-state index is 12.9. The van der Waals surface area contributed by atoms with Gasteiger partial charge in [0.25, 0.3) is 5.91 Å². The van der Waals surface area contributed by atoms with Crippen LogP contribution >= 0.6 is 0 Å². The van der Waals surface area contributed by atoms with Crippen molar-refractivity contribution in [1.82, 2.24) is 14.7 Å². The van der Waals surface area contributed by atoms with Gasteiger partial charge in [0.2, 0.25) is 0 Å². The molecule has 1 aromatic heterocycles. The Labute approximate surface area is 176 Å². The topological polar surface area (TPSA) is 98.6 Å². The molecule has 1 aromatic carbocycles. The molecule has 162 valence electrons. The monoisotopic (exact) mass is 433 g/mol. The summed E-state index contributed by atoms with van der Waals surface area (Å²) in [5.74, 6) is -0.982. The van der Waals surface area contributed by atoms with Crippen LogP contribution in [-0.4, -0.2) is 65.2 Å². The summed E-state index contributed by atoms with van der Waals surface area (Å²) < 4.78 is 30.7. The second-order valence-electron chi connectivity index (χ2n) is 7.52. The van der Waals surface area contributed by atoms with E-state index in [0.717, 1.165) is 5.69 Å². The summed E-state index contributed by atoms with van der Waals surface area (Å²) in [5, 5.41) is 4.44. The van der Waals surface area contributed by atoms with E-state index in [1.54, 1.807) is 25.5 Å². The molecular weight excluding hydrogens is 406 g/mol. The lowest BCUT2D eigenvalue weighted by Crippen LogP contribution is -2.46. The van der Waals surface area contributed by atoms with Gasteiger partial charge in [-0.1, -0.05) is 18.2 Å². The third-order valence-corrected chi connectivity index (χ3v) is 7.15. The summed E-state index contributed by atoms with van der Waals surface area (Å²) in [7, 11) is -3.12. The molecule has 0 bridgehead atoms. The van der Waals surface area contributed by atoms with Crippen molar-refractivity contribution in [3.8, 4) is 5.69 Å². The number of carbonyl (C=O) groups is 2. The molecule has 1 amide bonds. The van der Waals surface area contributed by atoms with Crippen molar-refractivity contribution >= 4 is 21.7 Å². The van der Waals surface area contributed by atoms with Gasteiger partial charge in [-0.05, 0) is 46.2 Å². The molecule has 0 N–H and O–H groups in total. The van der Waals surface area contributed by atoms with Crippen LogP contribution in [-0.2, 0) is 19.4 Å². The van der Waals surface area contributed by atoms with E-state index in [1.807, 2.05) is 30.3 Å². The van der Waals surface area contributed by atoms with Gasteiger partial charge in [0.05, 0.1) is 28.6 Å². The average molecular weight is 434 g/mol. The standard InChI is InChI=1S/C21H27N3O5S/c1-5-23(18-11-12-30(27,28)13-18)20(25)16(4)29-21(26)19-14(2)22-24(15(19)3)17-9-7-6-8-10-17/h6-10,16,18H,5,11-13H2,1-4H3/t16-,18-/m0/s1. The lowest BCUT2D eigenvalue weighted by Gasteiger charge is -2.29. The number of carbonyl (C=O) groups excluding carboxylic acids is 2. The number of para-hydroxylation sites is 1. The quantitative estimate of drug-likeness (QED) is 0.647. The molecule has 9 heteroatoms. The van der Waals surface area contributed by atoms with Crippen LogP contribution in [0.4, 0.5) is 0 Å². The molecule has 1 aliphatic rings. The van der Waals surface area contributed by atoms with Gasteiger partial charge in [0, 0.05) is 12.6 Å².